The van der Waals surface area contributed by atoms with Crippen LogP contribution in [0.3, 0.4) is 0 Å². The Kier molecular flexibility index (Phi) is 2.48. The van der Waals surface area contributed by atoms with E-state index in [2.05, 4.69) is 0 Å². The zero-order valence-electron chi connectivity index (χ0n) is 7.57. The molecular weight excluding hydrogens is 204 g/mol. The largest absolute Gasteiger partial charge is 0.452 e. The fourth-order valence-corrected chi connectivity index (χ4v) is 1.78. The predicted molar refractivity (Wildman–Crippen MR) is 52.2 cm³/mol. The molecule has 1 aliphatic rings. The van der Waals surface area contributed by atoms with Crippen molar-refractivity contribution < 1.29 is 9.21 Å². The van der Waals surface area contributed by atoms with Gasteiger partial charge in [-0.3, -0.25) is 4.79 Å². The predicted octanol–water partition coefficient (Wildman–Crippen LogP) is 1.11. The van der Waals surface area contributed by atoms with Gasteiger partial charge in [-0.25, -0.2) is 0 Å². The van der Waals surface area contributed by atoms with Gasteiger partial charge in [-0.15, -0.1) is 0 Å². The van der Waals surface area contributed by atoms with Crippen LogP contribution in [0, 0.1) is 0 Å². The molecule has 2 rings (SSSR count). The first-order chi connectivity index (χ1) is 6.68. The number of likely N-dealkylation sites (tertiary alicyclic amines) is 1. The molecule has 1 atom stereocenters. The summed E-state index contributed by atoms with van der Waals surface area (Å²) in [5.41, 5.74) is 6.12. The maximum atomic E-state index is 11.8. The van der Waals surface area contributed by atoms with Gasteiger partial charge < -0.3 is 15.1 Å². The highest BCUT2D eigenvalue weighted by atomic mass is 35.5. The lowest BCUT2D eigenvalue weighted by Crippen LogP contribution is -2.31. The van der Waals surface area contributed by atoms with Crippen molar-refractivity contribution in [3.8, 4) is 0 Å². The molecule has 0 aromatic carbocycles. The van der Waals surface area contributed by atoms with Crippen molar-refractivity contribution in [1.29, 1.82) is 0 Å². The molecule has 1 fully saturated rings. The van der Waals surface area contributed by atoms with Gasteiger partial charge in [0, 0.05) is 19.1 Å². The van der Waals surface area contributed by atoms with E-state index in [0.29, 0.717) is 18.7 Å². The van der Waals surface area contributed by atoms with Crippen LogP contribution in [0.25, 0.3) is 0 Å². The summed E-state index contributed by atoms with van der Waals surface area (Å²) in [7, 11) is 0. The first-order valence-electron chi connectivity index (χ1n) is 4.46. The van der Waals surface area contributed by atoms with Crippen LogP contribution >= 0.6 is 11.6 Å². The minimum atomic E-state index is -0.100. The number of halogens is 1. The van der Waals surface area contributed by atoms with Crippen molar-refractivity contribution in [1.82, 2.24) is 4.90 Å². The topological polar surface area (TPSA) is 59.5 Å². The third-order valence-corrected chi connectivity index (χ3v) is 2.65. The molecule has 0 unspecified atom stereocenters. The van der Waals surface area contributed by atoms with Crippen LogP contribution in [0.2, 0.25) is 5.22 Å². The highest BCUT2D eigenvalue weighted by Gasteiger charge is 2.26. The molecule has 1 saturated heterocycles. The zero-order valence-corrected chi connectivity index (χ0v) is 8.33. The molecule has 1 amide bonds. The molecule has 2 heterocycles. The third-order valence-electron chi connectivity index (χ3n) is 2.36. The molecule has 4 nitrogen and oxygen atoms in total. The summed E-state index contributed by atoms with van der Waals surface area (Å²) in [6, 6.07) is 1.67. The van der Waals surface area contributed by atoms with E-state index in [-0.39, 0.29) is 17.2 Å². The van der Waals surface area contributed by atoms with E-state index in [1.807, 2.05) is 0 Å². The molecule has 1 aromatic heterocycles. The number of hydrogen-bond donors (Lipinski definition) is 1. The number of nitrogens with zero attached hydrogens (tertiary/aromatic N) is 1. The second kappa shape index (κ2) is 3.63. The summed E-state index contributed by atoms with van der Waals surface area (Å²) in [6.45, 7) is 1.29. The second-order valence-corrected chi connectivity index (χ2v) is 3.75. The lowest BCUT2D eigenvalue weighted by Gasteiger charge is -2.14. The van der Waals surface area contributed by atoms with Crippen LogP contribution < -0.4 is 5.73 Å². The summed E-state index contributed by atoms with van der Waals surface area (Å²) < 4.78 is 4.86. The first-order valence-corrected chi connectivity index (χ1v) is 4.84. The minimum Gasteiger partial charge on any atom is -0.452 e. The van der Waals surface area contributed by atoms with Crippen LogP contribution in [0.5, 0.6) is 0 Å². The highest BCUT2D eigenvalue weighted by molar-refractivity contribution is 6.32. The third kappa shape index (κ3) is 1.63. The van der Waals surface area contributed by atoms with Crippen molar-refractivity contribution in [2.24, 2.45) is 5.73 Å². The van der Waals surface area contributed by atoms with Gasteiger partial charge in [-0.05, 0) is 24.1 Å². The summed E-state index contributed by atoms with van der Waals surface area (Å²) in [5, 5.41) is 0.149. The Bertz CT molecular complexity index is 350. The Morgan fingerprint density at radius 2 is 2.50 bits per heavy atom. The fourth-order valence-electron chi connectivity index (χ4n) is 1.59. The maximum absolute atomic E-state index is 11.8. The van der Waals surface area contributed by atoms with Crippen molar-refractivity contribution in [2.75, 3.05) is 13.1 Å². The van der Waals surface area contributed by atoms with E-state index < -0.39 is 0 Å². The molecule has 0 aliphatic carbocycles. The average molecular weight is 215 g/mol. The van der Waals surface area contributed by atoms with E-state index in [4.69, 9.17) is 21.8 Å². The van der Waals surface area contributed by atoms with Crippen molar-refractivity contribution in [3.05, 3.63) is 23.1 Å². The number of carbonyl (C=O) groups is 1. The van der Waals surface area contributed by atoms with E-state index >= 15 is 0 Å². The monoisotopic (exact) mass is 214 g/mol. The molecule has 0 radical (unpaired) electrons. The van der Waals surface area contributed by atoms with Crippen LogP contribution in [-0.4, -0.2) is 29.9 Å². The molecule has 0 saturated carbocycles. The quantitative estimate of drug-likeness (QED) is 0.762. The minimum absolute atomic E-state index is 0.0876. The first kappa shape index (κ1) is 9.55. The number of carbonyl (C=O) groups excluding carboxylic acids is 1. The molecule has 76 valence electrons. The van der Waals surface area contributed by atoms with Crippen LogP contribution in [0.4, 0.5) is 0 Å². The Labute approximate surface area is 86.6 Å². The summed E-state index contributed by atoms with van der Waals surface area (Å²) in [5.74, 6) is -0.100. The van der Waals surface area contributed by atoms with Crippen molar-refractivity contribution in [3.63, 3.8) is 0 Å². The van der Waals surface area contributed by atoms with Crippen LogP contribution in [-0.2, 0) is 0 Å². The lowest BCUT2D eigenvalue weighted by molar-refractivity contribution is 0.0790. The van der Waals surface area contributed by atoms with E-state index in [9.17, 15) is 4.79 Å². The van der Waals surface area contributed by atoms with Gasteiger partial charge in [-0.2, -0.15) is 0 Å². The second-order valence-electron chi connectivity index (χ2n) is 3.41. The smallest absolute Gasteiger partial charge is 0.258 e. The number of nitrogens with two attached hydrogens (primary N) is 1. The molecule has 1 aliphatic heterocycles. The molecule has 5 heteroatoms. The molecule has 2 N–H and O–H groups in total. The average Bonchev–Trinajstić information content (AvgIpc) is 2.73. The van der Waals surface area contributed by atoms with Crippen molar-refractivity contribution in [2.45, 2.75) is 12.5 Å². The normalized spacial score (nSPS) is 21.6. The van der Waals surface area contributed by atoms with E-state index in [1.165, 1.54) is 6.26 Å². The fraction of sp³-hybridized carbons (Fsp3) is 0.444. The van der Waals surface area contributed by atoms with Gasteiger partial charge in [0.15, 0.2) is 0 Å². The van der Waals surface area contributed by atoms with Gasteiger partial charge in [0.1, 0.15) is 0 Å². The molecule has 0 bridgehead atoms. The Hall–Kier alpha value is -1.00. The number of hydrogen-bond acceptors (Lipinski definition) is 3. The zero-order chi connectivity index (χ0) is 10.1. The molecule has 1 aromatic rings. The summed E-state index contributed by atoms with van der Waals surface area (Å²) in [4.78, 5) is 13.5. The van der Waals surface area contributed by atoms with E-state index in [1.54, 1.807) is 11.0 Å². The SMILES string of the molecule is N[C@H]1CCN(C(=O)c2ccoc2Cl)C1. The van der Waals surface area contributed by atoms with Crippen LogP contribution in [0.15, 0.2) is 16.7 Å². The van der Waals surface area contributed by atoms with E-state index in [0.717, 1.165) is 6.42 Å². The van der Waals surface area contributed by atoms with Gasteiger partial charge in [0.05, 0.1) is 11.8 Å². The van der Waals surface area contributed by atoms with Gasteiger partial charge in [0.2, 0.25) is 5.22 Å². The Morgan fingerprint density at radius 1 is 1.71 bits per heavy atom. The summed E-state index contributed by atoms with van der Waals surface area (Å²) >= 11 is 5.70. The number of furan rings is 1. The maximum Gasteiger partial charge on any atom is 0.258 e. The van der Waals surface area contributed by atoms with Gasteiger partial charge in [0.25, 0.3) is 5.91 Å². The van der Waals surface area contributed by atoms with Gasteiger partial charge in [-0.1, -0.05) is 0 Å². The molecular formula is C9H11ClN2O2. The van der Waals surface area contributed by atoms with Crippen molar-refractivity contribution >= 4 is 17.5 Å². The Morgan fingerprint density at radius 3 is 3.00 bits per heavy atom. The van der Waals surface area contributed by atoms with Crippen LogP contribution in [0.1, 0.15) is 16.8 Å². The van der Waals surface area contributed by atoms with Gasteiger partial charge >= 0.3 is 0 Å². The molecule has 0 spiro atoms. The Balaban J connectivity index is 2.13. The number of rotatable bonds is 1. The molecule has 14 heavy (non-hydrogen) atoms. The number of amides is 1. The highest BCUT2D eigenvalue weighted by Crippen LogP contribution is 2.20. The summed E-state index contributed by atoms with van der Waals surface area (Å²) in [6.07, 6.45) is 2.26. The standard InChI is InChI=1S/C9H11ClN2O2/c10-8-7(2-4-14-8)9(13)12-3-1-6(11)5-12/h2,4,6H,1,3,5,11H2/t6-/m0/s1. The lowest BCUT2D eigenvalue weighted by atomic mass is 10.3.